The second-order valence-corrected chi connectivity index (χ2v) is 22.4. The summed E-state index contributed by atoms with van der Waals surface area (Å²) >= 11 is 0. The van der Waals surface area contributed by atoms with Gasteiger partial charge in [-0.25, -0.2) is 14.8 Å². The molecule has 5 aromatic heterocycles. The number of likely N-dealkylation sites (tertiary alicyclic amines) is 1. The normalized spacial score (nSPS) is 14.8. The van der Waals surface area contributed by atoms with Crippen molar-refractivity contribution in [2.24, 2.45) is 28.2 Å². The molecular formula is C55H69N15O11S2. The lowest BCUT2D eigenvalue weighted by molar-refractivity contribution is -0.116. The van der Waals surface area contributed by atoms with Gasteiger partial charge < -0.3 is 79.3 Å². The van der Waals surface area contributed by atoms with E-state index in [0.29, 0.717) is 67.6 Å². The Kier molecular flexibility index (Phi) is 20.5. The Labute approximate surface area is 487 Å². The predicted molar refractivity (Wildman–Crippen MR) is 314 cm³/mol. The predicted octanol–water partition coefficient (Wildman–Crippen LogP) is 5.50. The third-order valence-electron chi connectivity index (χ3n) is 13.5. The lowest BCUT2D eigenvalue weighted by Crippen LogP contribution is -2.51. The van der Waals surface area contributed by atoms with Gasteiger partial charge in [-0.05, 0) is 93.5 Å². The quantitative estimate of drug-likeness (QED) is 0.0234. The number of amides is 7. The van der Waals surface area contributed by atoms with Crippen molar-refractivity contribution >= 4 is 91.7 Å². The van der Waals surface area contributed by atoms with Crippen LogP contribution in [0.3, 0.4) is 0 Å². The van der Waals surface area contributed by atoms with Crippen LogP contribution in [0.2, 0.25) is 0 Å². The summed E-state index contributed by atoms with van der Waals surface area (Å²) in [6.07, 6.45) is 9.22. The van der Waals surface area contributed by atoms with Crippen molar-refractivity contribution in [1.82, 2.24) is 48.3 Å². The lowest BCUT2D eigenvalue weighted by atomic mass is 10.1. The summed E-state index contributed by atoms with van der Waals surface area (Å²) < 4.78 is 29.4. The van der Waals surface area contributed by atoms with Crippen LogP contribution in [-0.2, 0) is 42.5 Å². The van der Waals surface area contributed by atoms with E-state index in [1.807, 2.05) is 37.2 Å². The zero-order valence-corrected chi connectivity index (χ0v) is 48.9. The largest absolute Gasteiger partial charge is 0.493 e. The summed E-state index contributed by atoms with van der Waals surface area (Å²) in [4.78, 5) is 107. The first-order chi connectivity index (χ1) is 39.9. The molecular weight excluding hydrogens is 1110 g/mol. The number of imidazole rings is 1. The van der Waals surface area contributed by atoms with E-state index >= 15 is 0 Å². The first kappa shape index (κ1) is 60.6. The molecule has 26 nitrogen and oxygen atoms in total. The number of methoxy groups -OCH3 is 1. The van der Waals surface area contributed by atoms with E-state index < -0.39 is 36.1 Å². The first-order valence-electron chi connectivity index (χ1n) is 26.7. The maximum absolute atomic E-state index is 14.1. The molecule has 2 fully saturated rings. The van der Waals surface area contributed by atoms with E-state index in [2.05, 4.69) is 36.6 Å². The minimum absolute atomic E-state index is 0.0158. The van der Waals surface area contributed by atoms with E-state index in [1.54, 1.807) is 73.1 Å². The van der Waals surface area contributed by atoms with Gasteiger partial charge in [0.2, 0.25) is 11.7 Å². The van der Waals surface area contributed by atoms with Crippen LogP contribution in [0.1, 0.15) is 84.5 Å². The second-order valence-electron chi connectivity index (χ2n) is 20.0. The van der Waals surface area contributed by atoms with E-state index in [-0.39, 0.29) is 89.6 Å². The Hall–Kier alpha value is -8.47. The highest BCUT2D eigenvalue weighted by atomic mass is 33.1. The molecule has 2 aliphatic rings. The van der Waals surface area contributed by atoms with Crippen molar-refractivity contribution in [2.45, 2.75) is 49.4 Å². The molecule has 83 heavy (non-hydrogen) atoms. The maximum Gasteiger partial charge on any atom is 0.412 e. The number of carbonyl (C=O) groups excluding carboxylic acids is 7. The number of pyridine rings is 1. The summed E-state index contributed by atoms with van der Waals surface area (Å²) in [6, 6.07) is 12.9. The maximum atomic E-state index is 14.1. The number of aryl methyl sites for hydroxylation is 4. The van der Waals surface area contributed by atoms with Gasteiger partial charge >= 0.3 is 6.09 Å². The molecule has 0 aliphatic carbocycles. The number of aromatic nitrogens is 6. The molecule has 7 amide bonds. The summed E-state index contributed by atoms with van der Waals surface area (Å²) in [6.45, 7) is 2.71. The molecule has 0 spiro atoms. The molecule has 8 rings (SSSR count). The van der Waals surface area contributed by atoms with Crippen molar-refractivity contribution in [2.75, 3.05) is 100.0 Å². The number of anilines is 5. The Balaban J connectivity index is 0.774. The number of nitrogens with zero attached hydrogens (tertiary/aromatic N) is 9. The fourth-order valence-corrected chi connectivity index (χ4v) is 11.2. The van der Waals surface area contributed by atoms with Gasteiger partial charge in [0.05, 0.1) is 55.5 Å². The average Bonchev–Trinajstić information content (AvgIpc) is 4.56. The monoisotopic (exact) mass is 1180 g/mol. The van der Waals surface area contributed by atoms with Crippen LogP contribution >= 0.6 is 21.6 Å². The van der Waals surface area contributed by atoms with Gasteiger partial charge in [0.25, 0.3) is 29.5 Å². The molecule has 0 radical (unpaired) electrons. The number of hydrogen-bond donors (Lipinski definition) is 6. The summed E-state index contributed by atoms with van der Waals surface area (Å²) in [7, 11) is 15.0. The standard InChI is InChI=1S/C55H69N15O11S2/c1-64(2)18-12-17-58-49(72)40-25-34(30-65(40)3)59-50(73)41-26-35(31-66(41)4)60-51(74)42-27-36(32-67(42)5)61-52(75)48-63-45(33-68(48)6)62-46(71)14-11-21-79-44-29-38(56)37(28-43(44)78-7)53(76)69-19-10-13-39(69)54-70(20-22-80-54)55(77)81-23-24-82-83-47-15-8-9-16-57-47/h8-9,15-16,25-33,39,54H,10-14,17-24,56H2,1-7H3,(H,58,72)(H,59,73)(H,60,74)(H,61,75)(H,62,71)/t39-,54?/m0/s1. The molecule has 6 aromatic rings. The number of carbonyl (C=O) groups is 7. The fourth-order valence-electron chi connectivity index (χ4n) is 9.47. The highest BCUT2D eigenvalue weighted by molar-refractivity contribution is 8.76. The molecule has 2 atom stereocenters. The SMILES string of the molecule is COc1cc(C(=O)N2CCC[C@H]2C2OCCN2C(=O)OCCSSc2ccccn2)c(N)cc1OCCCC(=O)Nc1cn(C)c(C(=O)Nc2cc(C(=O)Nc3cc(C(=O)Nc4cc(C(=O)NCCCN(C)C)n(C)c4)n(C)c3)n(C)c2)n1. The smallest absolute Gasteiger partial charge is 0.412 e. The van der Waals surface area contributed by atoms with E-state index in [4.69, 9.17) is 24.7 Å². The summed E-state index contributed by atoms with van der Waals surface area (Å²) in [5.41, 5.74) is 8.74. The highest BCUT2D eigenvalue weighted by Crippen LogP contribution is 2.36. The van der Waals surface area contributed by atoms with Crippen molar-refractivity contribution < 1.29 is 52.5 Å². The van der Waals surface area contributed by atoms with Gasteiger partial charge in [0.15, 0.2) is 23.5 Å². The molecule has 442 valence electrons. The molecule has 2 saturated heterocycles. The number of rotatable bonds is 25. The number of nitrogen functional groups attached to an aromatic ring is 1. The summed E-state index contributed by atoms with van der Waals surface area (Å²) in [5, 5.41) is 14.8. The summed E-state index contributed by atoms with van der Waals surface area (Å²) in [5.74, 6) is -1.33. The topological polar surface area (TPSA) is 298 Å². The average molecular weight is 1180 g/mol. The lowest BCUT2D eigenvalue weighted by Gasteiger charge is -2.33. The Bertz CT molecular complexity index is 3320. The van der Waals surface area contributed by atoms with Crippen LogP contribution < -0.4 is 41.8 Å². The minimum atomic E-state index is -0.683. The zero-order valence-electron chi connectivity index (χ0n) is 47.3. The zero-order chi connectivity index (χ0) is 59.3. The van der Waals surface area contributed by atoms with Crippen LogP contribution in [0, 0.1) is 0 Å². The molecule has 7 N–H and O–H groups in total. The molecule has 7 heterocycles. The number of nitrogens with one attached hydrogen (secondary N) is 5. The van der Waals surface area contributed by atoms with E-state index in [9.17, 15) is 33.6 Å². The van der Waals surface area contributed by atoms with Crippen LogP contribution in [0.4, 0.5) is 33.4 Å². The van der Waals surface area contributed by atoms with Gasteiger partial charge in [-0.15, -0.1) is 0 Å². The molecule has 28 heteroatoms. The van der Waals surface area contributed by atoms with Crippen LogP contribution in [0.5, 0.6) is 11.5 Å². The van der Waals surface area contributed by atoms with Gasteiger partial charge in [0, 0.05) is 96.2 Å². The number of hydrogen-bond acceptors (Lipinski definition) is 17. The van der Waals surface area contributed by atoms with Crippen LogP contribution in [0.15, 0.2) is 84.5 Å². The molecule has 1 unspecified atom stereocenters. The second kappa shape index (κ2) is 28.0. The number of benzene rings is 1. The molecule has 1 aromatic carbocycles. The van der Waals surface area contributed by atoms with Crippen molar-refractivity contribution in [3.05, 3.63) is 108 Å². The third kappa shape index (κ3) is 15.6. The first-order valence-corrected chi connectivity index (χ1v) is 29.0. The van der Waals surface area contributed by atoms with Gasteiger partial charge in [0.1, 0.15) is 28.7 Å². The Morgan fingerprint density at radius 3 is 2.06 bits per heavy atom. The van der Waals surface area contributed by atoms with Crippen molar-refractivity contribution in [3.63, 3.8) is 0 Å². The van der Waals surface area contributed by atoms with Gasteiger partial charge in [-0.1, -0.05) is 16.9 Å². The van der Waals surface area contributed by atoms with Gasteiger partial charge in [-0.3, -0.25) is 33.7 Å². The Morgan fingerprint density at radius 1 is 0.759 bits per heavy atom. The number of nitrogens with two attached hydrogens (primary N) is 1. The van der Waals surface area contributed by atoms with Crippen LogP contribution in [0.25, 0.3) is 0 Å². The third-order valence-corrected chi connectivity index (χ3v) is 15.7. The molecule has 0 bridgehead atoms. The highest BCUT2D eigenvalue weighted by Gasteiger charge is 2.44. The van der Waals surface area contributed by atoms with Crippen molar-refractivity contribution in [1.29, 1.82) is 0 Å². The van der Waals surface area contributed by atoms with Crippen molar-refractivity contribution in [3.8, 4) is 11.5 Å². The fraction of sp³-hybridized carbons (Fsp3) is 0.400. The molecule has 0 saturated carbocycles. The van der Waals surface area contributed by atoms with Crippen LogP contribution in [-0.4, -0.2) is 170 Å². The van der Waals surface area contributed by atoms with Gasteiger partial charge in [-0.2, -0.15) is 0 Å². The Morgan fingerprint density at radius 2 is 1.42 bits per heavy atom. The molecule has 2 aliphatic heterocycles. The minimum Gasteiger partial charge on any atom is -0.493 e. The van der Waals surface area contributed by atoms with E-state index in [1.165, 1.54) is 73.2 Å². The van der Waals surface area contributed by atoms with E-state index in [0.717, 1.165) is 18.0 Å². The number of ether oxygens (including phenoxy) is 4.